The Labute approximate surface area is 350 Å². The first-order chi connectivity index (χ1) is 27.8. The number of hydrogen-bond donors (Lipinski definition) is 0. The molecule has 0 aromatic rings. The van der Waals surface area contributed by atoms with Gasteiger partial charge in [-0.3, -0.25) is 4.79 Å². The predicted molar refractivity (Wildman–Crippen MR) is 227 cm³/mol. The molecule has 9 heterocycles. The van der Waals surface area contributed by atoms with Gasteiger partial charge in [-0.25, -0.2) is 0 Å². The van der Waals surface area contributed by atoms with Crippen molar-refractivity contribution in [3.05, 3.63) is 36.5 Å². The van der Waals surface area contributed by atoms with Gasteiger partial charge in [0.15, 0.2) is 14.1 Å². The molecule has 9 rings (SSSR count). The van der Waals surface area contributed by atoms with Crippen molar-refractivity contribution in [2.75, 3.05) is 6.61 Å². The number of ether oxygens (including phenoxy) is 7. The van der Waals surface area contributed by atoms with Gasteiger partial charge in [0.2, 0.25) is 0 Å². The number of carbonyl (C=O) groups excluding carboxylic acids is 1. The summed E-state index contributed by atoms with van der Waals surface area (Å²) in [6, 6.07) is 3.47. The van der Waals surface area contributed by atoms with Crippen molar-refractivity contribution in [2.24, 2.45) is 29.6 Å². The molecule has 1 spiro atoms. The highest BCUT2D eigenvalue weighted by Gasteiger charge is 2.67. The second-order valence-electron chi connectivity index (χ2n) is 20.1. The van der Waals surface area contributed by atoms with Crippen LogP contribution in [-0.2, 0) is 42.4 Å². The van der Waals surface area contributed by atoms with Crippen LogP contribution in [0.25, 0.3) is 0 Å². The molecule has 3 unspecified atom stereocenters. The number of hydrogen-bond acceptors (Lipinski definition) is 9. The minimum absolute atomic E-state index is 0.00564. The average molecular weight is 825 g/mol. The number of carbonyl (C=O) groups is 1. The van der Waals surface area contributed by atoms with Crippen molar-refractivity contribution in [1.82, 2.24) is 0 Å². The van der Waals surface area contributed by atoms with E-state index in [1.165, 1.54) is 5.57 Å². The fourth-order valence-electron chi connectivity index (χ4n) is 12.2. The van der Waals surface area contributed by atoms with Crippen molar-refractivity contribution in [3.63, 3.8) is 0 Å². The normalized spacial score (nSPS) is 47.0. The lowest BCUT2D eigenvalue weighted by atomic mass is 9.79. The zero-order chi connectivity index (χ0) is 40.9. The highest BCUT2D eigenvalue weighted by atomic mass is 28.4. The summed E-state index contributed by atoms with van der Waals surface area (Å²) in [6.45, 7) is 25.9. The van der Waals surface area contributed by atoms with Crippen LogP contribution in [0.3, 0.4) is 0 Å². The molecule has 10 heteroatoms. The first-order valence-corrected chi connectivity index (χ1v) is 26.2. The molecule has 0 N–H and O–H groups in total. The van der Waals surface area contributed by atoms with E-state index in [2.05, 4.69) is 73.8 Å². The van der Waals surface area contributed by atoms with E-state index in [9.17, 15) is 4.79 Å². The molecule has 9 aliphatic rings. The van der Waals surface area contributed by atoms with Gasteiger partial charge in [-0.1, -0.05) is 73.8 Å². The van der Waals surface area contributed by atoms with E-state index in [1.807, 2.05) is 0 Å². The topological polar surface area (TPSA) is 90.9 Å². The van der Waals surface area contributed by atoms with Gasteiger partial charge in [-0.15, -0.1) is 0 Å². The third-order valence-corrected chi connectivity index (χ3v) is 21.0. The Morgan fingerprint density at radius 2 is 1.52 bits per heavy atom. The Balaban J connectivity index is 0.998. The highest BCUT2D eigenvalue weighted by Crippen LogP contribution is 2.54. The van der Waals surface area contributed by atoms with Crippen molar-refractivity contribution < 1.29 is 42.4 Å². The van der Waals surface area contributed by atoms with Gasteiger partial charge in [-0.2, -0.15) is 0 Å². The molecule has 0 amide bonds. The molecule has 0 radical (unpaired) electrons. The molecule has 0 saturated carbocycles. The number of allylic oxidation sites excluding steroid dienone is 1. The summed E-state index contributed by atoms with van der Waals surface area (Å²) in [5.41, 5.74) is 2.34. The van der Waals surface area contributed by atoms with Crippen LogP contribution in [0, 0.1) is 29.6 Å². The van der Waals surface area contributed by atoms with Gasteiger partial charge < -0.3 is 37.6 Å². The Hall–Kier alpha value is -1.21. The lowest BCUT2D eigenvalue weighted by Crippen LogP contribution is -2.54. The van der Waals surface area contributed by atoms with Crippen LogP contribution in [0.2, 0.25) is 18.1 Å². The largest absolute Gasteiger partial charge is 0.417 e. The molecule has 8 fully saturated rings. The fourth-order valence-corrected chi connectivity index (χ4v) is 15.0. The zero-order valence-electron chi connectivity index (χ0n) is 36.9. The van der Waals surface area contributed by atoms with Crippen molar-refractivity contribution in [2.45, 2.75) is 223 Å². The van der Waals surface area contributed by atoms with Crippen LogP contribution in [0.4, 0.5) is 0 Å². The summed E-state index contributed by atoms with van der Waals surface area (Å²) < 4.78 is 54.7. The van der Waals surface area contributed by atoms with Gasteiger partial charge >= 0.3 is 0 Å². The van der Waals surface area contributed by atoms with E-state index in [4.69, 9.17) is 37.6 Å². The summed E-state index contributed by atoms with van der Waals surface area (Å²) >= 11 is 0. The molecular formula is C48H76O9Si. The van der Waals surface area contributed by atoms with Crippen molar-refractivity contribution >= 4 is 14.1 Å². The molecule has 326 valence electrons. The number of Topliss-reactive ketones (excluding diaryl/α,β-unsaturated/α-hetero) is 1. The summed E-state index contributed by atoms with van der Waals surface area (Å²) in [5, 5.41) is 0. The van der Waals surface area contributed by atoms with E-state index < -0.39 is 14.1 Å². The van der Waals surface area contributed by atoms with Gasteiger partial charge in [0.1, 0.15) is 24.1 Å². The minimum atomic E-state index is -1.68. The first kappa shape index (κ1) is 43.4. The first-order valence-electron chi connectivity index (χ1n) is 23.6. The van der Waals surface area contributed by atoms with E-state index in [1.54, 1.807) is 0 Å². The summed E-state index contributed by atoms with van der Waals surface area (Å²) in [5.74, 6) is 0.826. The second kappa shape index (κ2) is 17.9. The number of rotatable bonds is 8. The molecule has 8 saturated heterocycles. The number of fused-ring (bicyclic) bond motifs is 6. The predicted octanol–water partition coefficient (Wildman–Crippen LogP) is 9.43. The maximum Gasteiger partial charge on any atom is 0.191 e. The quantitative estimate of drug-likeness (QED) is 0.176. The third kappa shape index (κ3) is 8.72. The van der Waals surface area contributed by atoms with Gasteiger partial charge in [0.05, 0.1) is 54.9 Å². The van der Waals surface area contributed by atoms with Crippen LogP contribution in [0.15, 0.2) is 36.5 Å². The van der Waals surface area contributed by atoms with Crippen LogP contribution in [-0.4, -0.2) is 99.7 Å². The van der Waals surface area contributed by atoms with Crippen molar-refractivity contribution in [1.29, 1.82) is 0 Å². The molecular weight excluding hydrogens is 749 g/mol. The SMILES string of the molecule is C=C1C[C@@H]2CC[C@@]34C[C@H]5O[C@@H]6[C@@H](O[C@@H](C/C=C/CC(=O)C[C@H]7C(C[C@H]8O[C@@H](CCC1O2)C[C@@H](C)C8=C)O[C@H](C[C@H](C)CO[Si](CC)(CC)CC)[C@@H]7C)C(C)[C@@H]6O3)[C@H]5O4. The number of ketones is 1. The molecule has 9 nitrogen and oxygen atoms in total. The van der Waals surface area contributed by atoms with Crippen LogP contribution < -0.4 is 0 Å². The Bertz CT molecular complexity index is 1500. The molecule has 0 aromatic carbocycles. The maximum atomic E-state index is 13.9. The lowest BCUT2D eigenvalue weighted by Gasteiger charge is -2.42. The summed E-state index contributed by atoms with van der Waals surface area (Å²) in [4.78, 5) is 13.9. The minimum Gasteiger partial charge on any atom is -0.417 e. The van der Waals surface area contributed by atoms with Gasteiger partial charge in [0, 0.05) is 44.6 Å². The zero-order valence-corrected chi connectivity index (χ0v) is 37.9. The molecule has 18 atom stereocenters. The molecule has 11 bridgehead atoms. The Kier molecular flexibility index (Phi) is 13.4. The van der Waals surface area contributed by atoms with E-state index in [0.29, 0.717) is 24.7 Å². The van der Waals surface area contributed by atoms with E-state index in [0.717, 1.165) is 94.5 Å². The summed E-state index contributed by atoms with van der Waals surface area (Å²) in [6.07, 6.45) is 13.2. The van der Waals surface area contributed by atoms with E-state index >= 15 is 0 Å². The monoisotopic (exact) mass is 825 g/mol. The second-order valence-corrected chi connectivity index (χ2v) is 24.9. The van der Waals surface area contributed by atoms with Crippen LogP contribution in [0.1, 0.15) is 126 Å². The average Bonchev–Trinajstić information content (AvgIpc) is 3.87. The molecule has 9 aliphatic heterocycles. The molecule has 58 heavy (non-hydrogen) atoms. The Morgan fingerprint density at radius 3 is 2.29 bits per heavy atom. The van der Waals surface area contributed by atoms with Crippen LogP contribution >= 0.6 is 0 Å². The Morgan fingerprint density at radius 1 is 0.793 bits per heavy atom. The smallest absolute Gasteiger partial charge is 0.191 e. The summed E-state index contributed by atoms with van der Waals surface area (Å²) in [7, 11) is -1.68. The maximum absolute atomic E-state index is 13.9. The third-order valence-electron chi connectivity index (χ3n) is 16.4. The lowest BCUT2D eigenvalue weighted by molar-refractivity contribution is -0.262. The van der Waals surface area contributed by atoms with Crippen molar-refractivity contribution in [3.8, 4) is 0 Å². The highest BCUT2D eigenvalue weighted by molar-refractivity contribution is 6.73. The van der Waals surface area contributed by atoms with Crippen LogP contribution in [0.5, 0.6) is 0 Å². The standard InChI is InChI=1S/C48H76O9Si/c1-10-58(11-2,12-3)50-27-28(4)21-40-32(8)37-24-34(49)15-13-14-16-39-33(9)44-46-47(54-39)45-43(55-46)26-48(56-44,57-45)20-19-36-23-30(6)38(51-36)18-17-35-22-29(5)31(7)41(52-35)25-42(37)53-40/h13-14,28-29,32-33,35-47H,6-7,10-12,15-27H2,1-5,8-9H3/b14-13+/t28-,29+,32+,33?,35-,36-,37+,38?,39-,40+,41+,42?,43+,44-,45-,46-,47-,48+/m0/s1. The fraction of sp³-hybridized carbons (Fsp3) is 0.854. The van der Waals surface area contributed by atoms with E-state index in [-0.39, 0.29) is 96.8 Å². The van der Waals surface area contributed by atoms with Gasteiger partial charge in [0.25, 0.3) is 0 Å². The molecule has 0 aliphatic carbocycles. The molecule has 0 aromatic heterocycles. The van der Waals surface area contributed by atoms with Gasteiger partial charge in [-0.05, 0) is 97.9 Å².